The molecule has 7 heteroatoms. The van der Waals surface area contributed by atoms with Crippen molar-refractivity contribution in [3.63, 3.8) is 0 Å². The Bertz CT molecular complexity index is 871. The molecule has 0 bridgehead atoms. The van der Waals surface area contributed by atoms with Crippen molar-refractivity contribution in [2.24, 2.45) is 0 Å². The number of rotatable bonds is 4. The summed E-state index contributed by atoms with van der Waals surface area (Å²) < 4.78 is 10.7. The Labute approximate surface area is 165 Å². The summed E-state index contributed by atoms with van der Waals surface area (Å²) in [6.45, 7) is 3.13. The third kappa shape index (κ3) is 3.67. The number of carbonyl (C=O) groups is 1. The largest absolute Gasteiger partial charge is 0.497 e. The van der Waals surface area contributed by atoms with Gasteiger partial charge in [0, 0.05) is 56.0 Å². The predicted octanol–water partition coefficient (Wildman–Crippen LogP) is 2.16. The summed E-state index contributed by atoms with van der Waals surface area (Å²) >= 11 is 0. The van der Waals surface area contributed by atoms with Crippen molar-refractivity contribution >= 4 is 5.91 Å². The summed E-state index contributed by atoms with van der Waals surface area (Å²) in [4.78, 5) is 24.5. The highest BCUT2D eigenvalue weighted by molar-refractivity contribution is 5.97. The van der Waals surface area contributed by atoms with Gasteiger partial charge < -0.3 is 19.7 Å². The fraction of sp³-hybridized carbons (Fsp3) is 0.476. The van der Waals surface area contributed by atoms with Crippen molar-refractivity contribution in [2.45, 2.75) is 31.7 Å². The lowest BCUT2D eigenvalue weighted by atomic mass is 9.95. The van der Waals surface area contributed by atoms with Crippen LogP contribution in [0.15, 0.2) is 24.4 Å². The van der Waals surface area contributed by atoms with E-state index >= 15 is 0 Å². The molecule has 1 aromatic carbocycles. The molecule has 0 unspecified atom stereocenters. The smallest absolute Gasteiger partial charge is 0.257 e. The molecule has 4 rings (SSSR count). The van der Waals surface area contributed by atoms with Crippen molar-refractivity contribution in [1.29, 1.82) is 0 Å². The van der Waals surface area contributed by atoms with Crippen LogP contribution in [0.1, 0.15) is 46.2 Å². The van der Waals surface area contributed by atoms with Crippen LogP contribution in [0.2, 0.25) is 0 Å². The average Bonchev–Trinajstić information content (AvgIpc) is 2.77. The molecule has 3 heterocycles. The molecule has 1 atom stereocenters. The molecule has 2 aromatic rings. The molecule has 2 aliphatic rings. The Kier molecular flexibility index (Phi) is 5.43. The Morgan fingerprint density at radius 1 is 1.29 bits per heavy atom. The second-order valence-corrected chi connectivity index (χ2v) is 7.28. The van der Waals surface area contributed by atoms with Gasteiger partial charge in [0.2, 0.25) is 0 Å². The van der Waals surface area contributed by atoms with Crippen molar-refractivity contribution in [1.82, 2.24) is 20.2 Å². The fourth-order valence-corrected chi connectivity index (χ4v) is 3.97. The number of nitrogens with zero attached hydrogens (tertiary/aromatic N) is 3. The Balaban J connectivity index is 1.55. The summed E-state index contributed by atoms with van der Waals surface area (Å²) in [6, 6.07) is 5.31. The van der Waals surface area contributed by atoms with E-state index in [1.54, 1.807) is 32.4 Å². The van der Waals surface area contributed by atoms with Gasteiger partial charge in [-0.1, -0.05) is 0 Å². The molecule has 2 aliphatic heterocycles. The standard InChI is InChI=1S/C21H26N4O3/c1-27-16-5-6-19(28-2)17(10-16)21(26)25-9-3-4-14(13-25)20-23-12-15-11-22-8-7-18(15)24-20/h5-6,10,12,14,22H,3-4,7-9,11,13H2,1-2H3/t14-/m0/s1. The number of aromatic nitrogens is 2. The van der Waals surface area contributed by atoms with Crippen molar-refractivity contribution < 1.29 is 14.3 Å². The number of nitrogens with one attached hydrogen (secondary N) is 1. The highest BCUT2D eigenvalue weighted by Crippen LogP contribution is 2.30. The molecule has 1 N–H and O–H groups in total. The first-order valence-electron chi connectivity index (χ1n) is 9.76. The molecule has 0 radical (unpaired) electrons. The number of fused-ring (bicyclic) bond motifs is 1. The van der Waals surface area contributed by atoms with E-state index in [2.05, 4.69) is 10.3 Å². The lowest BCUT2D eigenvalue weighted by molar-refractivity contribution is 0.0700. The van der Waals surface area contributed by atoms with Crippen LogP contribution < -0.4 is 14.8 Å². The predicted molar refractivity (Wildman–Crippen MR) is 105 cm³/mol. The fourth-order valence-electron chi connectivity index (χ4n) is 3.97. The highest BCUT2D eigenvalue weighted by Gasteiger charge is 2.29. The molecule has 1 amide bonds. The number of carbonyl (C=O) groups excluding carboxylic acids is 1. The van der Waals surface area contributed by atoms with Gasteiger partial charge in [0.05, 0.1) is 19.8 Å². The maximum atomic E-state index is 13.2. The van der Waals surface area contributed by atoms with Gasteiger partial charge in [0.1, 0.15) is 17.3 Å². The number of hydrogen-bond acceptors (Lipinski definition) is 6. The van der Waals surface area contributed by atoms with E-state index in [9.17, 15) is 4.79 Å². The van der Waals surface area contributed by atoms with Crippen LogP contribution in [0.25, 0.3) is 0 Å². The normalized spacial score (nSPS) is 19.1. The number of benzene rings is 1. The number of piperidine rings is 1. The molecule has 0 spiro atoms. The summed E-state index contributed by atoms with van der Waals surface area (Å²) in [5.74, 6) is 2.18. The summed E-state index contributed by atoms with van der Waals surface area (Å²) in [5, 5.41) is 3.35. The first-order valence-corrected chi connectivity index (χ1v) is 9.76. The number of amides is 1. The molecule has 148 valence electrons. The third-order valence-electron chi connectivity index (χ3n) is 5.54. The first kappa shape index (κ1) is 18.7. The van der Waals surface area contributed by atoms with Crippen LogP contribution in [-0.4, -0.2) is 54.6 Å². The van der Waals surface area contributed by atoms with E-state index in [1.807, 2.05) is 11.1 Å². The minimum atomic E-state index is -0.0392. The van der Waals surface area contributed by atoms with Gasteiger partial charge in [-0.25, -0.2) is 9.97 Å². The van der Waals surface area contributed by atoms with Gasteiger partial charge in [-0.15, -0.1) is 0 Å². The van der Waals surface area contributed by atoms with Crippen LogP contribution in [0.5, 0.6) is 11.5 Å². The monoisotopic (exact) mass is 382 g/mol. The van der Waals surface area contributed by atoms with E-state index in [0.717, 1.165) is 50.4 Å². The molecular formula is C21H26N4O3. The molecule has 1 aromatic heterocycles. The molecule has 1 fully saturated rings. The Hall–Kier alpha value is -2.67. The summed E-state index contributed by atoms with van der Waals surface area (Å²) in [7, 11) is 3.17. The highest BCUT2D eigenvalue weighted by atomic mass is 16.5. The van der Waals surface area contributed by atoms with Gasteiger partial charge in [-0.05, 0) is 31.0 Å². The topological polar surface area (TPSA) is 76.6 Å². The van der Waals surface area contributed by atoms with Crippen molar-refractivity contribution in [2.75, 3.05) is 33.9 Å². The quantitative estimate of drug-likeness (QED) is 0.873. The zero-order valence-corrected chi connectivity index (χ0v) is 16.4. The molecule has 28 heavy (non-hydrogen) atoms. The van der Waals surface area contributed by atoms with E-state index in [0.29, 0.717) is 23.6 Å². The lowest BCUT2D eigenvalue weighted by Crippen LogP contribution is -2.40. The van der Waals surface area contributed by atoms with Gasteiger partial charge >= 0.3 is 0 Å². The van der Waals surface area contributed by atoms with Crippen LogP contribution in [0.4, 0.5) is 0 Å². The SMILES string of the molecule is COc1ccc(OC)c(C(=O)N2CCC[C@H](c3ncc4c(n3)CCNC4)C2)c1. The summed E-state index contributed by atoms with van der Waals surface area (Å²) in [5.41, 5.74) is 2.85. The second kappa shape index (κ2) is 8.14. The van der Waals surface area contributed by atoms with Crippen molar-refractivity contribution in [3.8, 4) is 11.5 Å². The maximum absolute atomic E-state index is 13.2. The van der Waals surface area contributed by atoms with Crippen molar-refractivity contribution in [3.05, 3.63) is 47.0 Å². The van der Waals surface area contributed by atoms with E-state index in [4.69, 9.17) is 14.5 Å². The minimum Gasteiger partial charge on any atom is -0.497 e. The zero-order chi connectivity index (χ0) is 19.5. The van der Waals surface area contributed by atoms with Crippen LogP contribution >= 0.6 is 0 Å². The van der Waals surface area contributed by atoms with Crippen LogP contribution in [0.3, 0.4) is 0 Å². The molecule has 7 nitrogen and oxygen atoms in total. The van der Waals surface area contributed by atoms with E-state index in [-0.39, 0.29) is 11.8 Å². The lowest BCUT2D eigenvalue weighted by Gasteiger charge is -2.32. The second-order valence-electron chi connectivity index (χ2n) is 7.28. The molecule has 1 saturated heterocycles. The molecular weight excluding hydrogens is 356 g/mol. The van der Waals surface area contributed by atoms with Gasteiger partial charge in [-0.3, -0.25) is 4.79 Å². The Morgan fingerprint density at radius 2 is 2.18 bits per heavy atom. The molecule has 0 aliphatic carbocycles. The summed E-state index contributed by atoms with van der Waals surface area (Å²) in [6.07, 6.45) is 4.80. The maximum Gasteiger partial charge on any atom is 0.257 e. The van der Waals surface area contributed by atoms with Crippen LogP contribution in [-0.2, 0) is 13.0 Å². The zero-order valence-electron chi connectivity index (χ0n) is 16.4. The number of hydrogen-bond donors (Lipinski definition) is 1. The third-order valence-corrected chi connectivity index (χ3v) is 5.54. The van der Waals surface area contributed by atoms with Gasteiger partial charge in [-0.2, -0.15) is 0 Å². The van der Waals surface area contributed by atoms with Crippen LogP contribution in [0, 0.1) is 0 Å². The van der Waals surface area contributed by atoms with E-state index < -0.39 is 0 Å². The first-order chi connectivity index (χ1) is 13.7. The van der Waals surface area contributed by atoms with E-state index in [1.165, 1.54) is 5.56 Å². The number of methoxy groups -OCH3 is 2. The average molecular weight is 382 g/mol. The molecule has 0 saturated carbocycles. The van der Waals surface area contributed by atoms with Gasteiger partial charge in [0.15, 0.2) is 0 Å². The van der Waals surface area contributed by atoms with Gasteiger partial charge in [0.25, 0.3) is 5.91 Å². The number of likely N-dealkylation sites (tertiary alicyclic amines) is 1. The Morgan fingerprint density at radius 3 is 3.00 bits per heavy atom. The number of ether oxygens (including phenoxy) is 2. The minimum absolute atomic E-state index is 0.0392.